The SMILES string of the molecule is O=C(O)C1CCCCN1/N=C/c1ccc[nH]1. The smallest absolute Gasteiger partial charge is 0.328 e. The molecular formula is C11H15N3O2. The van der Waals surface area contributed by atoms with Gasteiger partial charge in [-0.3, -0.25) is 5.01 Å². The molecule has 1 saturated heterocycles. The normalized spacial score (nSPS) is 21.5. The van der Waals surface area contributed by atoms with Gasteiger partial charge in [-0.05, 0) is 31.4 Å². The highest BCUT2D eigenvalue weighted by Crippen LogP contribution is 2.17. The first-order chi connectivity index (χ1) is 7.77. The highest BCUT2D eigenvalue weighted by atomic mass is 16.4. The molecule has 86 valence electrons. The first-order valence-corrected chi connectivity index (χ1v) is 5.44. The lowest BCUT2D eigenvalue weighted by Gasteiger charge is -2.30. The Bertz CT molecular complexity index is 373. The Morgan fingerprint density at radius 3 is 3.19 bits per heavy atom. The average Bonchev–Trinajstić information content (AvgIpc) is 2.79. The quantitative estimate of drug-likeness (QED) is 0.755. The van der Waals surface area contributed by atoms with Crippen molar-refractivity contribution in [2.45, 2.75) is 25.3 Å². The zero-order valence-corrected chi connectivity index (χ0v) is 8.97. The molecular weight excluding hydrogens is 206 g/mol. The number of hydrogen-bond donors (Lipinski definition) is 2. The number of piperidine rings is 1. The van der Waals surface area contributed by atoms with Crippen LogP contribution in [0.15, 0.2) is 23.4 Å². The van der Waals surface area contributed by atoms with E-state index in [9.17, 15) is 4.79 Å². The molecule has 1 aromatic heterocycles. The molecule has 1 aromatic rings. The van der Waals surface area contributed by atoms with Gasteiger partial charge in [-0.1, -0.05) is 0 Å². The second-order valence-corrected chi connectivity index (χ2v) is 3.88. The largest absolute Gasteiger partial charge is 0.480 e. The van der Waals surface area contributed by atoms with E-state index < -0.39 is 12.0 Å². The number of aromatic amines is 1. The summed E-state index contributed by atoms with van der Waals surface area (Å²) in [4.78, 5) is 14.0. The summed E-state index contributed by atoms with van der Waals surface area (Å²) in [6, 6.07) is 3.30. The molecule has 0 saturated carbocycles. The maximum Gasteiger partial charge on any atom is 0.328 e. The topological polar surface area (TPSA) is 68.7 Å². The van der Waals surface area contributed by atoms with Crippen LogP contribution in [0.2, 0.25) is 0 Å². The monoisotopic (exact) mass is 221 g/mol. The van der Waals surface area contributed by atoms with E-state index in [0.29, 0.717) is 13.0 Å². The van der Waals surface area contributed by atoms with Crippen molar-refractivity contribution in [2.75, 3.05) is 6.54 Å². The lowest BCUT2D eigenvalue weighted by Crippen LogP contribution is -2.41. The van der Waals surface area contributed by atoms with Crippen LogP contribution < -0.4 is 0 Å². The van der Waals surface area contributed by atoms with Crippen molar-refractivity contribution in [3.63, 3.8) is 0 Å². The molecule has 16 heavy (non-hydrogen) atoms. The van der Waals surface area contributed by atoms with Gasteiger partial charge in [0.25, 0.3) is 0 Å². The minimum atomic E-state index is -0.789. The standard InChI is InChI=1S/C11H15N3O2/c15-11(16)10-5-1-2-7-14(10)13-8-9-4-3-6-12-9/h3-4,6,8,10,12H,1-2,5,7H2,(H,15,16)/b13-8+. The van der Waals surface area contributed by atoms with E-state index in [0.717, 1.165) is 18.5 Å². The molecule has 0 radical (unpaired) electrons. The van der Waals surface area contributed by atoms with Crippen LogP contribution in [0.5, 0.6) is 0 Å². The lowest BCUT2D eigenvalue weighted by molar-refractivity contribution is -0.144. The van der Waals surface area contributed by atoms with Crippen LogP contribution in [-0.4, -0.2) is 39.9 Å². The van der Waals surface area contributed by atoms with Crippen molar-refractivity contribution in [1.29, 1.82) is 0 Å². The summed E-state index contributed by atoms with van der Waals surface area (Å²) in [7, 11) is 0. The third-order valence-corrected chi connectivity index (χ3v) is 2.73. The molecule has 5 nitrogen and oxygen atoms in total. The number of aromatic nitrogens is 1. The summed E-state index contributed by atoms with van der Waals surface area (Å²) < 4.78 is 0. The molecule has 0 amide bonds. The Kier molecular flexibility index (Phi) is 3.24. The van der Waals surface area contributed by atoms with Gasteiger partial charge in [0, 0.05) is 12.7 Å². The number of hydrogen-bond acceptors (Lipinski definition) is 3. The number of rotatable bonds is 3. The predicted molar refractivity (Wildman–Crippen MR) is 60.4 cm³/mol. The number of carbonyl (C=O) groups is 1. The third-order valence-electron chi connectivity index (χ3n) is 2.73. The summed E-state index contributed by atoms with van der Waals surface area (Å²) in [5.74, 6) is -0.789. The van der Waals surface area contributed by atoms with E-state index in [1.54, 1.807) is 11.2 Å². The third kappa shape index (κ3) is 2.42. The maximum atomic E-state index is 11.0. The molecule has 1 aliphatic rings. The van der Waals surface area contributed by atoms with Crippen LogP contribution in [0.4, 0.5) is 0 Å². The summed E-state index contributed by atoms with van der Waals surface area (Å²) in [5.41, 5.74) is 0.884. The molecule has 1 atom stereocenters. The zero-order valence-electron chi connectivity index (χ0n) is 8.97. The van der Waals surface area contributed by atoms with Gasteiger partial charge in [-0.25, -0.2) is 4.79 Å². The minimum absolute atomic E-state index is 0.472. The number of H-pyrrole nitrogens is 1. The van der Waals surface area contributed by atoms with Gasteiger partial charge in [-0.2, -0.15) is 5.10 Å². The van der Waals surface area contributed by atoms with Gasteiger partial charge >= 0.3 is 5.97 Å². The van der Waals surface area contributed by atoms with E-state index in [1.165, 1.54) is 0 Å². The van der Waals surface area contributed by atoms with Gasteiger partial charge < -0.3 is 10.1 Å². The molecule has 1 fully saturated rings. The fourth-order valence-electron chi connectivity index (χ4n) is 1.87. The van der Waals surface area contributed by atoms with Crippen molar-refractivity contribution >= 4 is 12.2 Å². The van der Waals surface area contributed by atoms with Gasteiger partial charge in [0.15, 0.2) is 0 Å². The van der Waals surface area contributed by atoms with Crippen LogP contribution in [0.25, 0.3) is 0 Å². The van der Waals surface area contributed by atoms with Crippen molar-refractivity contribution < 1.29 is 9.90 Å². The summed E-state index contributed by atoms with van der Waals surface area (Å²) in [5, 5.41) is 14.9. The van der Waals surface area contributed by atoms with Crippen molar-refractivity contribution in [3.05, 3.63) is 24.0 Å². The molecule has 2 N–H and O–H groups in total. The molecule has 1 unspecified atom stereocenters. The molecule has 2 rings (SSSR count). The minimum Gasteiger partial charge on any atom is -0.480 e. The van der Waals surface area contributed by atoms with Gasteiger partial charge in [-0.15, -0.1) is 0 Å². The number of carboxylic acid groups (broad SMARTS) is 1. The molecule has 0 spiro atoms. The number of carboxylic acids is 1. The zero-order chi connectivity index (χ0) is 11.4. The summed E-state index contributed by atoms with van der Waals surface area (Å²) >= 11 is 0. The fourth-order valence-corrected chi connectivity index (χ4v) is 1.87. The first kappa shape index (κ1) is 10.7. The van der Waals surface area contributed by atoms with Crippen LogP contribution in [-0.2, 0) is 4.79 Å². The lowest BCUT2D eigenvalue weighted by atomic mass is 10.0. The van der Waals surface area contributed by atoms with E-state index in [1.807, 2.05) is 18.3 Å². The van der Waals surface area contributed by atoms with E-state index in [4.69, 9.17) is 5.11 Å². The average molecular weight is 221 g/mol. The molecule has 1 aliphatic heterocycles. The van der Waals surface area contributed by atoms with Gasteiger partial charge in [0.05, 0.1) is 11.9 Å². The number of aliphatic carboxylic acids is 1. The second-order valence-electron chi connectivity index (χ2n) is 3.88. The molecule has 0 aliphatic carbocycles. The van der Waals surface area contributed by atoms with Crippen LogP contribution in [0.3, 0.4) is 0 Å². The van der Waals surface area contributed by atoms with Crippen LogP contribution >= 0.6 is 0 Å². The summed E-state index contributed by atoms with van der Waals surface area (Å²) in [6.45, 7) is 0.716. The molecule has 2 heterocycles. The number of nitrogens with one attached hydrogen (secondary N) is 1. The Balaban J connectivity index is 2.04. The Morgan fingerprint density at radius 1 is 1.62 bits per heavy atom. The molecule has 0 aromatic carbocycles. The van der Waals surface area contributed by atoms with Crippen molar-refractivity contribution in [2.24, 2.45) is 5.10 Å². The predicted octanol–water partition coefficient (Wildman–Crippen LogP) is 1.29. The van der Waals surface area contributed by atoms with Crippen LogP contribution in [0, 0.1) is 0 Å². The number of hydrazone groups is 1. The fraction of sp³-hybridized carbons (Fsp3) is 0.455. The summed E-state index contributed by atoms with van der Waals surface area (Å²) in [6.07, 6.45) is 6.13. The molecule has 5 heteroatoms. The second kappa shape index (κ2) is 4.83. The Labute approximate surface area is 93.8 Å². The van der Waals surface area contributed by atoms with Crippen molar-refractivity contribution in [3.8, 4) is 0 Å². The van der Waals surface area contributed by atoms with E-state index in [2.05, 4.69) is 10.1 Å². The highest BCUT2D eigenvalue weighted by Gasteiger charge is 2.26. The maximum absolute atomic E-state index is 11.0. The van der Waals surface area contributed by atoms with Crippen LogP contribution in [0.1, 0.15) is 25.0 Å². The molecule has 0 bridgehead atoms. The van der Waals surface area contributed by atoms with Crippen molar-refractivity contribution in [1.82, 2.24) is 9.99 Å². The van der Waals surface area contributed by atoms with Gasteiger partial charge in [0.1, 0.15) is 6.04 Å². The highest BCUT2D eigenvalue weighted by molar-refractivity contribution is 5.77. The van der Waals surface area contributed by atoms with E-state index >= 15 is 0 Å². The van der Waals surface area contributed by atoms with Gasteiger partial charge in [0.2, 0.25) is 0 Å². The number of nitrogens with zero attached hydrogens (tertiary/aromatic N) is 2. The Hall–Kier alpha value is -1.78. The van der Waals surface area contributed by atoms with E-state index in [-0.39, 0.29) is 0 Å². The first-order valence-electron chi connectivity index (χ1n) is 5.44. The Morgan fingerprint density at radius 2 is 2.50 bits per heavy atom.